The number of para-hydroxylation sites is 1. The fourth-order valence-corrected chi connectivity index (χ4v) is 5.26. The molecule has 33 heavy (non-hydrogen) atoms. The Morgan fingerprint density at radius 2 is 1.45 bits per heavy atom. The molecule has 0 aromatic heterocycles. The van der Waals surface area contributed by atoms with E-state index in [-0.39, 0.29) is 35.8 Å². The van der Waals surface area contributed by atoms with Crippen molar-refractivity contribution in [2.45, 2.75) is 31.0 Å². The molecule has 7 nitrogen and oxygen atoms in total. The summed E-state index contributed by atoms with van der Waals surface area (Å²) >= 11 is 0. The van der Waals surface area contributed by atoms with Gasteiger partial charge in [0.05, 0.1) is 22.7 Å². The first kappa shape index (κ1) is 23.0. The third kappa shape index (κ3) is 5.60. The third-order valence-corrected chi connectivity index (χ3v) is 6.93. The Bertz CT molecular complexity index is 1200. The summed E-state index contributed by atoms with van der Waals surface area (Å²) in [5.41, 5.74) is 0.148. The molecule has 1 heterocycles. The summed E-state index contributed by atoms with van der Waals surface area (Å²) < 4.78 is 44.4. The molecule has 3 aromatic rings. The molecule has 1 aliphatic heterocycles. The van der Waals surface area contributed by atoms with Gasteiger partial charge in [-0.2, -0.15) is 4.31 Å². The number of hydrogen-bond donors (Lipinski definition) is 0. The molecule has 0 saturated carbocycles. The maximum atomic E-state index is 13.1. The number of carbonyl (C=O) groups is 1. The standard InChI is InChI=1S/C25H25NO6S/c1-18-16-26(17-19(2)30-18)33(28,29)24-10-6-7-20(15-24)25(27)32-23-13-11-22(12-14-23)31-21-8-4-3-5-9-21/h3-15,18-19H,16-17H2,1-2H3. The summed E-state index contributed by atoms with van der Waals surface area (Å²) in [4.78, 5) is 12.7. The lowest BCUT2D eigenvalue weighted by atomic mass is 10.2. The van der Waals surface area contributed by atoms with Crippen LogP contribution in [0.25, 0.3) is 0 Å². The average molecular weight is 468 g/mol. The van der Waals surface area contributed by atoms with Gasteiger partial charge in [0.15, 0.2) is 0 Å². The SMILES string of the molecule is CC1CN(S(=O)(=O)c2cccc(C(=O)Oc3ccc(Oc4ccccc4)cc3)c2)CC(C)O1. The van der Waals surface area contributed by atoms with Crippen LogP contribution in [0.3, 0.4) is 0 Å². The molecule has 0 spiro atoms. The Balaban J connectivity index is 1.45. The molecule has 3 aromatic carbocycles. The maximum absolute atomic E-state index is 13.1. The van der Waals surface area contributed by atoms with Gasteiger partial charge in [-0.25, -0.2) is 13.2 Å². The zero-order valence-corrected chi connectivity index (χ0v) is 19.2. The number of carbonyl (C=O) groups excluding carboxylic acids is 1. The van der Waals surface area contributed by atoms with Crippen LogP contribution in [0.4, 0.5) is 0 Å². The van der Waals surface area contributed by atoms with Crippen LogP contribution in [0.5, 0.6) is 17.2 Å². The molecule has 0 bridgehead atoms. The van der Waals surface area contributed by atoms with E-state index >= 15 is 0 Å². The van der Waals surface area contributed by atoms with Crippen molar-refractivity contribution in [3.63, 3.8) is 0 Å². The van der Waals surface area contributed by atoms with Gasteiger partial charge in [0.2, 0.25) is 10.0 Å². The summed E-state index contributed by atoms with van der Waals surface area (Å²) in [7, 11) is -3.76. The van der Waals surface area contributed by atoms with E-state index in [1.165, 1.54) is 28.6 Å². The number of morpholine rings is 1. The highest BCUT2D eigenvalue weighted by molar-refractivity contribution is 7.89. The normalized spacial score (nSPS) is 19.1. The van der Waals surface area contributed by atoms with Crippen molar-refractivity contribution in [3.05, 3.63) is 84.4 Å². The van der Waals surface area contributed by atoms with Crippen LogP contribution in [0.1, 0.15) is 24.2 Å². The topological polar surface area (TPSA) is 82.1 Å². The van der Waals surface area contributed by atoms with Gasteiger partial charge in [0.1, 0.15) is 17.2 Å². The van der Waals surface area contributed by atoms with Crippen LogP contribution >= 0.6 is 0 Å². The molecule has 0 N–H and O–H groups in total. The Labute approximate surface area is 193 Å². The summed E-state index contributed by atoms with van der Waals surface area (Å²) in [6.07, 6.45) is -0.406. The highest BCUT2D eigenvalue weighted by Crippen LogP contribution is 2.25. The molecule has 172 valence electrons. The second kappa shape index (κ2) is 9.74. The second-order valence-electron chi connectivity index (χ2n) is 7.88. The van der Waals surface area contributed by atoms with Crippen LogP contribution in [0, 0.1) is 0 Å². The van der Waals surface area contributed by atoms with Crippen LogP contribution in [-0.2, 0) is 14.8 Å². The number of sulfonamides is 1. The summed E-state index contributed by atoms with van der Waals surface area (Å²) in [6, 6.07) is 21.8. The van der Waals surface area contributed by atoms with Gasteiger partial charge in [-0.15, -0.1) is 0 Å². The van der Waals surface area contributed by atoms with Gasteiger partial charge in [-0.1, -0.05) is 24.3 Å². The summed E-state index contributed by atoms with van der Waals surface area (Å²) in [5, 5.41) is 0. The minimum absolute atomic E-state index is 0.0462. The van der Waals surface area contributed by atoms with Crippen molar-refractivity contribution >= 4 is 16.0 Å². The quantitative estimate of drug-likeness (QED) is 0.392. The molecule has 1 aliphatic rings. The van der Waals surface area contributed by atoms with E-state index in [0.717, 1.165) is 0 Å². The first-order valence-electron chi connectivity index (χ1n) is 10.6. The predicted octanol–water partition coefficient (Wildman–Crippen LogP) is 4.50. The number of rotatable bonds is 6. The number of hydrogen-bond acceptors (Lipinski definition) is 6. The van der Waals surface area contributed by atoms with Gasteiger partial charge in [-0.3, -0.25) is 0 Å². The average Bonchev–Trinajstić information content (AvgIpc) is 2.80. The van der Waals surface area contributed by atoms with E-state index in [4.69, 9.17) is 14.2 Å². The van der Waals surface area contributed by atoms with Crippen molar-refractivity contribution in [2.75, 3.05) is 13.1 Å². The van der Waals surface area contributed by atoms with Crippen molar-refractivity contribution in [1.82, 2.24) is 4.31 Å². The Morgan fingerprint density at radius 3 is 2.12 bits per heavy atom. The third-order valence-electron chi connectivity index (χ3n) is 5.11. The maximum Gasteiger partial charge on any atom is 0.343 e. The van der Waals surface area contributed by atoms with E-state index in [1.807, 2.05) is 44.2 Å². The van der Waals surface area contributed by atoms with Crippen molar-refractivity contribution in [1.29, 1.82) is 0 Å². The van der Waals surface area contributed by atoms with E-state index in [9.17, 15) is 13.2 Å². The molecule has 4 rings (SSSR count). The minimum atomic E-state index is -3.76. The van der Waals surface area contributed by atoms with Crippen LogP contribution in [0.15, 0.2) is 83.8 Å². The predicted molar refractivity (Wildman–Crippen MR) is 123 cm³/mol. The molecule has 8 heteroatoms. The lowest BCUT2D eigenvalue weighted by Gasteiger charge is -2.34. The lowest BCUT2D eigenvalue weighted by molar-refractivity contribution is -0.0440. The fourth-order valence-electron chi connectivity index (χ4n) is 3.63. The fraction of sp³-hybridized carbons (Fsp3) is 0.240. The highest BCUT2D eigenvalue weighted by Gasteiger charge is 2.32. The van der Waals surface area contributed by atoms with Crippen molar-refractivity contribution in [2.24, 2.45) is 0 Å². The van der Waals surface area contributed by atoms with Crippen molar-refractivity contribution < 1.29 is 27.4 Å². The Hall–Kier alpha value is -3.20. The molecule has 0 amide bonds. The Morgan fingerprint density at radius 1 is 0.848 bits per heavy atom. The van der Waals surface area contributed by atoms with Crippen molar-refractivity contribution in [3.8, 4) is 17.2 Å². The van der Waals surface area contributed by atoms with E-state index in [1.54, 1.807) is 24.3 Å². The zero-order valence-electron chi connectivity index (χ0n) is 18.4. The van der Waals surface area contributed by atoms with Gasteiger partial charge < -0.3 is 14.2 Å². The number of benzene rings is 3. The Kier molecular flexibility index (Phi) is 6.78. The van der Waals surface area contributed by atoms with Gasteiger partial charge in [0.25, 0.3) is 0 Å². The first-order chi connectivity index (χ1) is 15.8. The number of esters is 1. The molecule has 1 saturated heterocycles. The number of nitrogens with zero attached hydrogens (tertiary/aromatic N) is 1. The lowest BCUT2D eigenvalue weighted by Crippen LogP contribution is -2.48. The van der Waals surface area contributed by atoms with Gasteiger partial charge in [0, 0.05) is 13.1 Å². The monoisotopic (exact) mass is 467 g/mol. The molecular weight excluding hydrogens is 442 g/mol. The molecular formula is C25H25NO6S. The summed E-state index contributed by atoms with van der Waals surface area (Å²) in [6.45, 7) is 4.20. The largest absolute Gasteiger partial charge is 0.457 e. The molecule has 2 unspecified atom stereocenters. The minimum Gasteiger partial charge on any atom is -0.457 e. The van der Waals surface area contributed by atoms with Crippen LogP contribution < -0.4 is 9.47 Å². The summed E-state index contributed by atoms with van der Waals surface area (Å²) in [5.74, 6) is 0.976. The van der Waals surface area contributed by atoms with Gasteiger partial charge in [-0.05, 0) is 68.4 Å². The van der Waals surface area contributed by atoms with Gasteiger partial charge >= 0.3 is 5.97 Å². The van der Waals surface area contributed by atoms with Crippen LogP contribution in [0.2, 0.25) is 0 Å². The molecule has 2 atom stereocenters. The number of ether oxygens (including phenoxy) is 3. The van der Waals surface area contributed by atoms with E-state index in [2.05, 4.69) is 0 Å². The first-order valence-corrected chi connectivity index (χ1v) is 12.1. The van der Waals surface area contributed by atoms with E-state index < -0.39 is 16.0 Å². The smallest absolute Gasteiger partial charge is 0.343 e. The molecule has 1 fully saturated rings. The van der Waals surface area contributed by atoms with Crippen LogP contribution in [-0.4, -0.2) is 44.0 Å². The zero-order chi connectivity index (χ0) is 23.4. The molecule has 0 radical (unpaired) electrons. The second-order valence-corrected chi connectivity index (χ2v) is 9.82. The molecule has 0 aliphatic carbocycles. The van der Waals surface area contributed by atoms with E-state index in [0.29, 0.717) is 17.2 Å². The highest BCUT2D eigenvalue weighted by atomic mass is 32.2.